The third kappa shape index (κ3) is 3.08. The summed E-state index contributed by atoms with van der Waals surface area (Å²) in [5.74, 6) is 0.705. The van der Waals surface area contributed by atoms with Crippen LogP contribution in [0.25, 0.3) is 0 Å². The maximum Gasteiger partial charge on any atom is 0.317 e. The third-order valence-electron chi connectivity index (χ3n) is 2.63. The molecule has 4 nitrogen and oxygen atoms in total. The van der Waals surface area contributed by atoms with Crippen molar-refractivity contribution in [3.8, 4) is 11.8 Å². The number of benzene rings is 1. The normalized spacial score (nSPS) is 11.2. The van der Waals surface area contributed by atoms with Gasteiger partial charge in [0.1, 0.15) is 10.9 Å². The molecule has 0 amide bonds. The van der Waals surface area contributed by atoms with Crippen molar-refractivity contribution in [3.63, 3.8) is 0 Å². The molecule has 0 saturated heterocycles. The van der Waals surface area contributed by atoms with Crippen molar-refractivity contribution in [3.05, 3.63) is 46.7 Å². The van der Waals surface area contributed by atoms with Crippen LogP contribution in [0.1, 0.15) is 11.3 Å². The molecule has 0 bridgehead atoms. The van der Waals surface area contributed by atoms with E-state index in [0.29, 0.717) is 17.0 Å². The lowest BCUT2D eigenvalue weighted by Crippen LogP contribution is -2.15. The van der Waals surface area contributed by atoms with Crippen molar-refractivity contribution in [2.45, 2.75) is 4.33 Å². The second kappa shape index (κ2) is 6.04. The highest BCUT2D eigenvalue weighted by atomic mass is 35.5. The standard InChI is InChI=1S/C13H11Cl3N2O2/c1-19-9-5-3-8(4-6-9)13(15,16)10-7-11(14)18-12(17-10)20-2/h3-7H,1-2H3. The number of aromatic nitrogens is 2. The summed E-state index contributed by atoms with van der Waals surface area (Å²) >= 11 is 18.7. The molecule has 0 atom stereocenters. The number of nitrogens with zero attached hydrogens (tertiary/aromatic N) is 2. The molecule has 106 valence electrons. The van der Waals surface area contributed by atoms with Gasteiger partial charge in [0.15, 0.2) is 4.33 Å². The molecule has 2 aromatic rings. The Morgan fingerprint density at radius 2 is 1.65 bits per heavy atom. The highest BCUT2D eigenvalue weighted by Gasteiger charge is 2.32. The molecule has 0 N–H and O–H groups in total. The van der Waals surface area contributed by atoms with Crippen molar-refractivity contribution in [1.82, 2.24) is 9.97 Å². The van der Waals surface area contributed by atoms with Gasteiger partial charge in [-0.25, -0.2) is 0 Å². The van der Waals surface area contributed by atoms with Crippen LogP contribution >= 0.6 is 34.8 Å². The Balaban J connectivity index is 2.44. The lowest BCUT2D eigenvalue weighted by Gasteiger charge is -2.20. The van der Waals surface area contributed by atoms with Gasteiger partial charge >= 0.3 is 6.01 Å². The monoisotopic (exact) mass is 332 g/mol. The topological polar surface area (TPSA) is 44.2 Å². The van der Waals surface area contributed by atoms with E-state index in [2.05, 4.69) is 9.97 Å². The predicted octanol–water partition coefficient (Wildman–Crippen LogP) is 3.83. The van der Waals surface area contributed by atoms with Crippen LogP contribution in [0.2, 0.25) is 5.15 Å². The molecule has 0 saturated carbocycles. The smallest absolute Gasteiger partial charge is 0.317 e. The summed E-state index contributed by atoms with van der Waals surface area (Å²) in [5.41, 5.74) is 0.973. The van der Waals surface area contributed by atoms with E-state index in [-0.39, 0.29) is 11.2 Å². The fourth-order valence-electron chi connectivity index (χ4n) is 1.60. The Kier molecular flexibility index (Phi) is 4.58. The molecule has 0 spiro atoms. The average Bonchev–Trinajstić information content (AvgIpc) is 2.46. The van der Waals surface area contributed by atoms with E-state index >= 15 is 0 Å². The lowest BCUT2D eigenvalue weighted by molar-refractivity contribution is 0.378. The first kappa shape index (κ1) is 15.2. The van der Waals surface area contributed by atoms with E-state index in [1.54, 1.807) is 31.4 Å². The van der Waals surface area contributed by atoms with Gasteiger partial charge in [0.2, 0.25) is 0 Å². The van der Waals surface area contributed by atoms with E-state index in [1.807, 2.05) is 0 Å². The summed E-state index contributed by atoms with van der Waals surface area (Å²) in [6.07, 6.45) is 0. The molecule has 0 fully saturated rings. The van der Waals surface area contributed by atoms with Gasteiger partial charge in [-0.3, -0.25) is 0 Å². The van der Waals surface area contributed by atoms with Crippen LogP contribution in [0.15, 0.2) is 30.3 Å². The Labute approximate surface area is 131 Å². The van der Waals surface area contributed by atoms with Gasteiger partial charge in [-0.15, -0.1) is 0 Å². The molecule has 0 unspecified atom stereocenters. The molecule has 0 radical (unpaired) electrons. The Morgan fingerprint density at radius 3 is 2.20 bits per heavy atom. The largest absolute Gasteiger partial charge is 0.497 e. The van der Waals surface area contributed by atoms with Gasteiger partial charge in [-0.1, -0.05) is 46.9 Å². The molecular weight excluding hydrogens is 323 g/mol. The first-order valence-corrected chi connectivity index (χ1v) is 6.72. The zero-order valence-electron chi connectivity index (χ0n) is 10.7. The van der Waals surface area contributed by atoms with E-state index in [0.717, 1.165) is 0 Å². The number of methoxy groups -OCH3 is 2. The fourth-order valence-corrected chi connectivity index (χ4v) is 2.22. The van der Waals surface area contributed by atoms with Crippen molar-refractivity contribution in [2.24, 2.45) is 0 Å². The summed E-state index contributed by atoms with van der Waals surface area (Å²) in [6, 6.07) is 8.62. The molecule has 1 heterocycles. The fraction of sp³-hybridized carbons (Fsp3) is 0.231. The Bertz CT molecular complexity index is 603. The molecule has 0 aliphatic carbocycles. The van der Waals surface area contributed by atoms with E-state index < -0.39 is 4.33 Å². The number of ether oxygens (including phenoxy) is 2. The van der Waals surface area contributed by atoms with Gasteiger partial charge in [0.25, 0.3) is 0 Å². The van der Waals surface area contributed by atoms with Gasteiger partial charge < -0.3 is 9.47 Å². The maximum atomic E-state index is 6.40. The third-order valence-corrected chi connectivity index (χ3v) is 3.65. The van der Waals surface area contributed by atoms with Crippen LogP contribution in [0, 0.1) is 0 Å². The number of hydrogen-bond donors (Lipinski definition) is 0. The SMILES string of the molecule is COc1ccc(C(Cl)(Cl)c2cc(Cl)nc(OC)n2)cc1. The minimum absolute atomic E-state index is 0.103. The minimum atomic E-state index is -1.37. The summed E-state index contributed by atoms with van der Waals surface area (Å²) in [4.78, 5) is 8.01. The number of alkyl halides is 2. The van der Waals surface area contributed by atoms with Crippen molar-refractivity contribution in [2.75, 3.05) is 14.2 Å². The lowest BCUT2D eigenvalue weighted by atomic mass is 10.1. The Hall–Kier alpha value is -1.23. The van der Waals surface area contributed by atoms with E-state index in [1.165, 1.54) is 13.2 Å². The van der Waals surface area contributed by atoms with Gasteiger partial charge in [0, 0.05) is 6.07 Å². The van der Waals surface area contributed by atoms with Crippen LogP contribution < -0.4 is 9.47 Å². The first-order chi connectivity index (χ1) is 9.47. The highest BCUT2D eigenvalue weighted by Crippen LogP contribution is 2.41. The van der Waals surface area contributed by atoms with Crippen LogP contribution in [0.4, 0.5) is 0 Å². The predicted molar refractivity (Wildman–Crippen MR) is 79.1 cm³/mol. The molecule has 0 aliphatic heterocycles. The molecule has 1 aromatic heterocycles. The highest BCUT2D eigenvalue weighted by molar-refractivity contribution is 6.50. The van der Waals surface area contributed by atoms with Crippen LogP contribution in [-0.4, -0.2) is 24.2 Å². The van der Waals surface area contributed by atoms with E-state index in [9.17, 15) is 0 Å². The van der Waals surface area contributed by atoms with Crippen LogP contribution in [0.5, 0.6) is 11.8 Å². The van der Waals surface area contributed by atoms with Crippen molar-refractivity contribution >= 4 is 34.8 Å². The molecule has 7 heteroatoms. The molecule has 1 aromatic carbocycles. The average molecular weight is 334 g/mol. The van der Waals surface area contributed by atoms with Crippen LogP contribution in [0.3, 0.4) is 0 Å². The van der Waals surface area contributed by atoms with Gasteiger partial charge in [0.05, 0.1) is 19.9 Å². The summed E-state index contributed by atoms with van der Waals surface area (Å²) in [6.45, 7) is 0. The minimum Gasteiger partial charge on any atom is -0.497 e. The Morgan fingerprint density at radius 1 is 1.00 bits per heavy atom. The van der Waals surface area contributed by atoms with Crippen molar-refractivity contribution < 1.29 is 9.47 Å². The summed E-state index contributed by atoms with van der Waals surface area (Å²) in [7, 11) is 3.02. The molecule has 2 rings (SSSR count). The van der Waals surface area contributed by atoms with Crippen LogP contribution in [-0.2, 0) is 4.33 Å². The molecule has 20 heavy (non-hydrogen) atoms. The second-order valence-corrected chi connectivity index (χ2v) is 5.58. The number of halogens is 3. The van der Waals surface area contributed by atoms with Gasteiger partial charge in [-0.2, -0.15) is 9.97 Å². The summed E-state index contributed by atoms with van der Waals surface area (Å²) in [5, 5.41) is 0.200. The number of rotatable bonds is 4. The van der Waals surface area contributed by atoms with Gasteiger partial charge in [-0.05, 0) is 17.7 Å². The second-order valence-electron chi connectivity index (χ2n) is 3.87. The van der Waals surface area contributed by atoms with Crippen molar-refractivity contribution in [1.29, 1.82) is 0 Å². The zero-order valence-corrected chi connectivity index (χ0v) is 13.0. The van der Waals surface area contributed by atoms with E-state index in [4.69, 9.17) is 44.3 Å². The number of hydrogen-bond acceptors (Lipinski definition) is 4. The maximum absolute atomic E-state index is 6.40. The summed E-state index contributed by atoms with van der Waals surface area (Å²) < 4.78 is 8.68. The molecular formula is C13H11Cl3N2O2. The molecule has 0 aliphatic rings. The first-order valence-electron chi connectivity index (χ1n) is 5.58. The zero-order chi connectivity index (χ0) is 14.8. The quantitative estimate of drug-likeness (QED) is 0.630.